The molecule has 0 unspecified atom stereocenters. The van der Waals surface area contributed by atoms with Crippen molar-refractivity contribution < 1.29 is 0 Å². The molecule has 96 valence electrons. The van der Waals surface area contributed by atoms with Gasteiger partial charge in [0, 0.05) is 5.54 Å². The summed E-state index contributed by atoms with van der Waals surface area (Å²) in [5, 5.41) is 0. The highest BCUT2D eigenvalue weighted by Crippen LogP contribution is 2.36. The van der Waals surface area contributed by atoms with Crippen LogP contribution >= 0.6 is 0 Å². The Labute approximate surface area is 102 Å². The van der Waals surface area contributed by atoms with Crippen LogP contribution in [-0.2, 0) is 0 Å². The number of unbranched alkanes of at least 4 members (excludes halogenated alkanes) is 3. The minimum Gasteiger partial charge on any atom is -0.325 e. The second-order valence-electron chi connectivity index (χ2n) is 6.25. The first kappa shape index (κ1) is 14.0. The van der Waals surface area contributed by atoms with E-state index in [2.05, 4.69) is 20.8 Å². The third kappa shape index (κ3) is 4.45. The smallest absolute Gasteiger partial charge is 0.0154 e. The van der Waals surface area contributed by atoms with Crippen LogP contribution < -0.4 is 5.73 Å². The maximum absolute atomic E-state index is 6.50. The highest BCUT2D eigenvalue weighted by Gasteiger charge is 2.31. The van der Waals surface area contributed by atoms with E-state index in [1.807, 2.05) is 0 Å². The molecule has 0 amide bonds. The molecule has 0 radical (unpaired) electrons. The van der Waals surface area contributed by atoms with Crippen LogP contribution in [0.1, 0.15) is 78.6 Å². The van der Waals surface area contributed by atoms with Crippen LogP contribution in [0.4, 0.5) is 0 Å². The summed E-state index contributed by atoms with van der Waals surface area (Å²) in [6.45, 7) is 6.98. The van der Waals surface area contributed by atoms with Crippen molar-refractivity contribution >= 4 is 0 Å². The van der Waals surface area contributed by atoms with Gasteiger partial charge in [-0.15, -0.1) is 0 Å². The molecule has 0 aliphatic heterocycles. The lowest BCUT2D eigenvalue weighted by atomic mass is 9.71. The average Bonchev–Trinajstić information content (AvgIpc) is 2.25. The molecule has 1 fully saturated rings. The van der Waals surface area contributed by atoms with Gasteiger partial charge in [0.2, 0.25) is 0 Å². The molecule has 0 aromatic rings. The van der Waals surface area contributed by atoms with Crippen molar-refractivity contribution in [1.29, 1.82) is 0 Å². The van der Waals surface area contributed by atoms with E-state index in [-0.39, 0.29) is 5.54 Å². The predicted octanol–water partition coefficient (Wildman–Crippen LogP) is 4.50. The van der Waals surface area contributed by atoms with Gasteiger partial charge in [-0.2, -0.15) is 0 Å². The molecule has 0 aromatic heterocycles. The summed E-state index contributed by atoms with van der Waals surface area (Å²) >= 11 is 0. The third-order valence-electron chi connectivity index (χ3n) is 4.50. The molecule has 1 aliphatic carbocycles. The number of rotatable bonds is 6. The first-order chi connectivity index (χ1) is 7.57. The molecule has 0 aromatic carbocycles. The largest absolute Gasteiger partial charge is 0.325 e. The van der Waals surface area contributed by atoms with Crippen LogP contribution in [-0.4, -0.2) is 5.54 Å². The third-order valence-corrected chi connectivity index (χ3v) is 4.50. The fraction of sp³-hybridized carbons (Fsp3) is 1.00. The monoisotopic (exact) mass is 225 g/mol. The predicted molar refractivity (Wildman–Crippen MR) is 72.5 cm³/mol. The zero-order valence-corrected chi connectivity index (χ0v) is 11.6. The number of hydrogen-bond acceptors (Lipinski definition) is 1. The van der Waals surface area contributed by atoms with E-state index in [0.717, 1.165) is 11.8 Å². The molecule has 0 heterocycles. The zero-order chi connectivity index (χ0) is 12.0. The van der Waals surface area contributed by atoms with Crippen molar-refractivity contribution in [1.82, 2.24) is 0 Å². The van der Waals surface area contributed by atoms with Gasteiger partial charge in [-0.3, -0.25) is 0 Å². The molecule has 16 heavy (non-hydrogen) atoms. The summed E-state index contributed by atoms with van der Waals surface area (Å²) < 4.78 is 0. The van der Waals surface area contributed by atoms with Crippen molar-refractivity contribution in [2.24, 2.45) is 17.6 Å². The van der Waals surface area contributed by atoms with E-state index in [9.17, 15) is 0 Å². The molecule has 2 N–H and O–H groups in total. The maximum atomic E-state index is 6.50. The van der Waals surface area contributed by atoms with Crippen LogP contribution in [0.3, 0.4) is 0 Å². The number of hydrogen-bond donors (Lipinski definition) is 1. The summed E-state index contributed by atoms with van der Waals surface area (Å²) in [6, 6.07) is 0. The zero-order valence-electron chi connectivity index (χ0n) is 11.6. The van der Waals surface area contributed by atoms with E-state index in [1.54, 1.807) is 0 Å². The van der Waals surface area contributed by atoms with E-state index in [4.69, 9.17) is 5.73 Å². The fourth-order valence-electron chi connectivity index (χ4n) is 3.04. The van der Waals surface area contributed by atoms with Crippen LogP contribution in [0.15, 0.2) is 0 Å². The Morgan fingerprint density at radius 3 is 2.25 bits per heavy atom. The molecule has 1 aliphatic rings. The summed E-state index contributed by atoms with van der Waals surface area (Å²) in [6.07, 6.45) is 11.9. The second-order valence-corrected chi connectivity index (χ2v) is 6.25. The Kier molecular flexibility index (Phi) is 5.82. The molecule has 0 saturated heterocycles. The van der Waals surface area contributed by atoms with Crippen LogP contribution in [0.5, 0.6) is 0 Å². The van der Waals surface area contributed by atoms with Crippen molar-refractivity contribution in [3.05, 3.63) is 0 Å². The fourth-order valence-corrected chi connectivity index (χ4v) is 3.04. The van der Waals surface area contributed by atoms with Crippen LogP contribution in [0, 0.1) is 11.8 Å². The lowest BCUT2D eigenvalue weighted by molar-refractivity contribution is 0.183. The molecular weight excluding hydrogens is 194 g/mol. The highest BCUT2D eigenvalue weighted by molar-refractivity contribution is 4.90. The quantitative estimate of drug-likeness (QED) is 0.662. The van der Waals surface area contributed by atoms with Gasteiger partial charge < -0.3 is 5.73 Å². The molecule has 0 atom stereocenters. The standard InChI is InChI=1S/C15H31N/c1-4-5-6-7-10-15(16)11-8-14(9-12-15)13(2)3/h13-14H,4-12,16H2,1-3H3. The summed E-state index contributed by atoms with van der Waals surface area (Å²) in [5.74, 6) is 1.79. The molecule has 1 saturated carbocycles. The molecule has 1 rings (SSSR count). The normalized spacial score (nSPS) is 30.9. The molecular formula is C15H31N. The average molecular weight is 225 g/mol. The van der Waals surface area contributed by atoms with Crippen LogP contribution in [0.2, 0.25) is 0 Å². The minimum absolute atomic E-state index is 0.194. The van der Waals surface area contributed by atoms with Crippen molar-refractivity contribution in [2.45, 2.75) is 84.1 Å². The Morgan fingerprint density at radius 1 is 1.12 bits per heavy atom. The SMILES string of the molecule is CCCCCCC1(N)CCC(C(C)C)CC1. The van der Waals surface area contributed by atoms with Crippen LogP contribution in [0.25, 0.3) is 0 Å². The Morgan fingerprint density at radius 2 is 1.75 bits per heavy atom. The van der Waals surface area contributed by atoms with Crippen molar-refractivity contribution in [3.63, 3.8) is 0 Å². The van der Waals surface area contributed by atoms with Gasteiger partial charge in [0.15, 0.2) is 0 Å². The molecule has 1 nitrogen and oxygen atoms in total. The first-order valence-corrected chi connectivity index (χ1v) is 7.36. The van der Waals surface area contributed by atoms with Gasteiger partial charge in [0.1, 0.15) is 0 Å². The Hall–Kier alpha value is -0.0400. The van der Waals surface area contributed by atoms with Gasteiger partial charge in [0.05, 0.1) is 0 Å². The van der Waals surface area contributed by atoms with Gasteiger partial charge >= 0.3 is 0 Å². The summed E-state index contributed by atoms with van der Waals surface area (Å²) in [7, 11) is 0. The Bertz CT molecular complexity index is 178. The molecule has 0 spiro atoms. The Balaban J connectivity index is 2.21. The second kappa shape index (κ2) is 6.64. The van der Waals surface area contributed by atoms with Crippen molar-refractivity contribution in [3.8, 4) is 0 Å². The highest BCUT2D eigenvalue weighted by atomic mass is 14.7. The summed E-state index contributed by atoms with van der Waals surface area (Å²) in [5.41, 5.74) is 6.70. The van der Waals surface area contributed by atoms with E-state index in [0.29, 0.717) is 0 Å². The van der Waals surface area contributed by atoms with Crippen molar-refractivity contribution in [2.75, 3.05) is 0 Å². The summed E-state index contributed by atoms with van der Waals surface area (Å²) in [4.78, 5) is 0. The molecule has 0 bridgehead atoms. The van der Waals surface area contributed by atoms with Gasteiger partial charge in [0.25, 0.3) is 0 Å². The van der Waals surface area contributed by atoms with Gasteiger partial charge in [-0.25, -0.2) is 0 Å². The lowest BCUT2D eigenvalue weighted by Crippen LogP contribution is -2.43. The lowest BCUT2D eigenvalue weighted by Gasteiger charge is -2.38. The molecule has 1 heteroatoms. The maximum Gasteiger partial charge on any atom is 0.0154 e. The van der Waals surface area contributed by atoms with E-state index < -0.39 is 0 Å². The van der Waals surface area contributed by atoms with E-state index in [1.165, 1.54) is 57.8 Å². The van der Waals surface area contributed by atoms with E-state index >= 15 is 0 Å². The van der Waals surface area contributed by atoms with Gasteiger partial charge in [-0.1, -0.05) is 46.5 Å². The van der Waals surface area contributed by atoms with Gasteiger partial charge in [-0.05, 0) is 43.9 Å². The topological polar surface area (TPSA) is 26.0 Å². The number of nitrogens with two attached hydrogens (primary N) is 1. The minimum atomic E-state index is 0.194. The first-order valence-electron chi connectivity index (χ1n) is 7.36.